The molecule has 210 valence electrons. The molecule has 0 bridgehead atoms. The molecule has 1 saturated heterocycles. The van der Waals surface area contributed by atoms with E-state index in [-0.39, 0.29) is 6.10 Å². The van der Waals surface area contributed by atoms with Crippen LogP contribution in [0, 0.1) is 0 Å². The second kappa shape index (κ2) is 11.6. The summed E-state index contributed by atoms with van der Waals surface area (Å²) in [7, 11) is 7.94. The summed E-state index contributed by atoms with van der Waals surface area (Å²) in [6.07, 6.45) is 5.52. The van der Waals surface area contributed by atoms with Crippen LogP contribution in [-0.2, 0) is 11.8 Å². The summed E-state index contributed by atoms with van der Waals surface area (Å²) in [6.45, 7) is 5.66. The van der Waals surface area contributed by atoms with Crippen LogP contribution in [0.5, 0.6) is 5.75 Å². The number of hydrogen-bond acceptors (Lipinski definition) is 8. The molecule has 0 radical (unpaired) electrons. The average Bonchev–Trinajstić information content (AvgIpc) is 3.29. The van der Waals surface area contributed by atoms with Crippen molar-refractivity contribution in [3.63, 3.8) is 0 Å². The van der Waals surface area contributed by atoms with Crippen LogP contribution in [0.2, 0.25) is 0 Å². The maximum Gasteiger partial charge on any atom is 0.342 e. The molecule has 2 aromatic carbocycles. The Balaban J connectivity index is 1.47. The van der Waals surface area contributed by atoms with Crippen molar-refractivity contribution in [1.29, 1.82) is 0 Å². The van der Waals surface area contributed by atoms with Gasteiger partial charge in [-0.25, -0.2) is 14.8 Å². The first kappa shape index (κ1) is 27.5. The minimum Gasteiger partial charge on any atom is -0.494 e. The number of aromatic nitrogens is 3. The summed E-state index contributed by atoms with van der Waals surface area (Å²) >= 11 is 0. The van der Waals surface area contributed by atoms with E-state index in [0.29, 0.717) is 29.0 Å². The quantitative estimate of drug-likeness (QED) is 0.293. The molecule has 2 aromatic heterocycles. The fourth-order valence-electron chi connectivity index (χ4n) is 5.35. The summed E-state index contributed by atoms with van der Waals surface area (Å²) in [5.41, 5.74) is 4.58. The van der Waals surface area contributed by atoms with Gasteiger partial charge in [-0.1, -0.05) is 18.2 Å². The number of piperidine rings is 1. The molecule has 40 heavy (non-hydrogen) atoms. The molecule has 0 saturated carbocycles. The molecule has 9 heteroatoms. The summed E-state index contributed by atoms with van der Waals surface area (Å²) in [4.78, 5) is 27.1. The minimum absolute atomic E-state index is 0.262. The zero-order valence-corrected chi connectivity index (χ0v) is 24.1. The van der Waals surface area contributed by atoms with Crippen LogP contribution in [0.1, 0.15) is 37.0 Å². The maximum atomic E-state index is 13.1. The highest BCUT2D eigenvalue weighted by Gasteiger charge is 2.23. The Kier molecular flexibility index (Phi) is 7.93. The Labute approximate surface area is 235 Å². The summed E-state index contributed by atoms with van der Waals surface area (Å²) < 4.78 is 13.3. The van der Waals surface area contributed by atoms with Gasteiger partial charge in [-0.15, -0.1) is 0 Å². The number of fused-ring (bicyclic) bond motifs is 1. The lowest BCUT2D eigenvalue weighted by atomic mass is 10.0. The molecule has 0 spiro atoms. The van der Waals surface area contributed by atoms with Crippen LogP contribution in [-0.4, -0.2) is 71.8 Å². The van der Waals surface area contributed by atoms with Crippen molar-refractivity contribution in [2.24, 2.45) is 7.05 Å². The Morgan fingerprint density at radius 3 is 2.58 bits per heavy atom. The molecule has 0 amide bonds. The lowest BCUT2D eigenvalue weighted by molar-refractivity contribution is 0.0378. The van der Waals surface area contributed by atoms with Crippen LogP contribution in [0.3, 0.4) is 0 Å². The zero-order chi connectivity index (χ0) is 28.4. The van der Waals surface area contributed by atoms with Crippen molar-refractivity contribution in [1.82, 2.24) is 19.4 Å². The molecular weight excluding hydrogens is 504 g/mol. The lowest BCUT2D eigenvalue weighted by Gasteiger charge is -2.36. The third-order valence-corrected chi connectivity index (χ3v) is 7.49. The van der Waals surface area contributed by atoms with E-state index in [4.69, 9.17) is 14.5 Å². The molecule has 0 atom stereocenters. The molecule has 1 aliphatic heterocycles. The molecule has 0 unspecified atom stereocenters. The Morgan fingerprint density at radius 2 is 1.88 bits per heavy atom. The van der Waals surface area contributed by atoms with Crippen molar-refractivity contribution in [3.05, 3.63) is 60.4 Å². The number of esters is 1. The van der Waals surface area contributed by atoms with Crippen LogP contribution in [0.25, 0.3) is 22.2 Å². The summed E-state index contributed by atoms with van der Waals surface area (Å²) in [6, 6.07) is 14.8. The van der Waals surface area contributed by atoms with Gasteiger partial charge in [0, 0.05) is 66.8 Å². The van der Waals surface area contributed by atoms with E-state index in [2.05, 4.69) is 46.3 Å². The molecule has 9 nitrogen and oxygen atoms in total. The van der Waals surface area contributed by atoms with E-state index >= 15 is 0 Å². The highest BCUT2D eigenvalue weighted by Crippen LogP contribution is 2.35. The second-order valence-electron chi connectivity index (χ2n) is 10.8. The third kappa shape index (κ3) is 5.60. The predicted octanol–water partition coefficient (Wildman–Crippen LogP) is 5.48. The monoisotopic (exact) mass is 542 g/mol. The first-order valence-electron chi connectivity index (χ1n) is 13.7. The van der Waals surface area contributed by atoms with Crippen LogP contribution in [0.4, 0.5) is 17.3 Å². The molecule has 1 fully saturated rings. The molecule has 1 N–H and O–H groups in total. The second-order valence-corrected chi connectivity index (χ2v) is 10.8. The summed E-state index contributed by atoms with van der Waals surface area (Å²) in [5.74, 6) is 0.608. The van der Waals surface area contributed by atoms with Crippen molar-refractivity contribution < 1.29 is 14.3 Å². The van der Waals surface area contributed by atoms with E-state index in [1.807, 2.05) is 62.0 Å². The number of carbonyl (C=O) groups excluding carboxylic acids is 1. The topological polar surface area (TPSA) is 84.8 Å². The van der Waals surface area contributed by atoms with E-state index in [9.17, 15) is 4.79 Å². The first-order valence-corrected chi connectivity index (χ1v) is 13.7. The van der Waals surface area contributed by atoms with Gasteiger partial charge in [-0.2, -0.15) is 0 Å². The van der Waals surface area contributed by atoms with E-state index in [1.165, 1.54) is 6.20 Å². The summed E-state index contributed by atoms with van der Waals surface area (Å²) in [5, 5.41) is 4.31. The van der Waals surface area contributed by atoms with Gasteiger partial charge in [0.05, 0.1) is 24.6 Å². The fourth-order valence-corrected chi connectivity index (χ4v) is 5.35. The third-order valence-electron chi connectivity index (χ3n) is 7.49. The maximum absolute atomic E-state index is 13.1. The number of para-hydroxylation sites is 1. The number of benzene rings is 2. The average molecular weight is 543 g/mol. The van der Waals surface area contributed by atoms with Gasteiger partial charge in [0.25, 0.3) is 0 Å². The molecule has 3 heterocycles. The van der Waals surface area contributed by atoms with Crippen molar-refractivity contribution >= 4 is 34.2 Å². The molecule has 5 rings (SSSR count). The van der Waals surface area contributed by atoms with Gasteiger partial charge in [0.15, 0.2) is 0 Å². The lowest BCUT2D eigenvalue weighted by Crippen LogP contribution is -2.41. The largest absolute Gasteiger partial charge is 0.494 e. The predicted molar refractivity (Wildman–Crippen MR) is 160 cm³/mol. The van der Waals surface area contributed by atoms with Crippen LogP contribution in [0.15, 0.2) is 54.9 Å². The smallest absolute Gasteiger partial charge is 0.342 e. The van der Waals surface area contributed by atoms with E-state index < -0.39 is 5.97 Å². The number of anilines is 3. The molecule has 0 aliphatic carbocycles. The number of aryl methyl sites for hydroxylation is 1. The Bertz CT molecular complexity index is 1500. The standard InChI is InChI=1S/C31H38N6O3/c1-20(2)40-30(38)24-18-32-31(34-29(24)25-19-36(5)27-10-8-7-9-23(25)27)33-26-12-11-22(17-28(26)39-6)37-15-13-21(14-16-37)35(3)4/h7-12,17-21H,13-16H2,1-6H3,(H,32,33,34). The van der Waals surface area contributed by atoms with Gasteiger partial charge in [0.2, 0.25) is 5.95 Å². The van der Waals surface area contributed by atoms with Crippen molar-refractivity contribution in [2.75, 3.05) is 44.5 Å². The highest BCUT2D eigenvalue weighted by molar-refractivity contribution is 6.03. The number of hydrogen-bond donors (Lipinski definition) is 1. The van der Waals surface area contributed by atoms with E-state index in [1.54, 1.807) is 7.11 Å². The minimum atomic E-state index is -0.454. The molecule has 1 aliphatic rings. The number of nitrogens with zero attached hydrogens (tertiary/aromatic N) is 5. The normalized spacial score (nSPS) is 14.2. The van der Waals surface area contributed by atoms with Crippen LogP contribution < -0.4 is 15.0 Å². The Hall–Kier alpha value is -4.11. The van der Waals surface area contributed by atoms with Gasteiger partial charge in [0.1, 0.15) is 11.3 Å². The highest BCUT2D eigenvalue weighted by atomic mass is 16.5. The Morgan fingerprint density at radius 1 is 1.12 bits per heavy atom. The zero-order valence-electron chi connectivity index (χ0n) is 24.1. The van der Waals surface area contributed by atoms with Gasteiger partial charge >= 0.3 is 5.97 Å². The number of nitrogens with one attached hydrogen (secondary N) is 1. The first-order chi connectivity index (χ1) is 19.2. The van der Waals surface area contributed by atoms with Gasteiger partial charge < -0.3 is 29.2 Å². The fraction of sp³-hybridized carbons (Fsp3) is 0.387. The van der Waals surface area contributed by atoms with Crippen molar-refractivity contribution in [2.45, 2.75) is 38.8 Å². The van der Waals surface area contributed by atoms with Gasteiger partial charge in [-0.3, -0.25) is 0 Å². The van der Waals surface area contributed by atoms with Crippen LogP contribution >= 0.6 is 0 Å². The number of rotatable bonds is 8. The SMILES string of the molecule is COc1cc(N2CCC(N(C)C)CC2)ccc1Nc1ncc(C(=O)OC(C)C)c(-c2cn(C)c3ccccc23)n1. The number of methoxy groups -OCH3 is 1. The molecule has 4 aromatic rings. The van der Waals surface area contributed by atoms with E-state index in [0.717, 1.165) is 53.8 Å². The van der Waals surface area contributed by atoms with Crippen molar-refractivity contribution in [3.8, 4) is 17.0 Å². The van der Waals surface area contributed by atoms with Gasteiger partial charge in [-0.05, 0) is 59.0 Å². The number of ether oxygens (including phenoxy) is 2. The molecular formula is C31H38N6O3. The number of carbonyl (C=O) groups is 1.